The molecule has 11 heteroatoms. The zero-order valence-electron chi connectivity index (χ0n) is 25.9. The molecular formula is C35H36N4O6S. The fourth-order valence-corrected chi connectivity index (χ4v) is 6.65. The molecule has 0 aliphatic carbocycles. The number of hydrogen-bond donors (Lipinski definition) is 2. The lowest BCUT2D eigenvalue weighted by Crippen LogP contribution is -2.32. The van der Waals surface area contributed by atoms with Crippen LogP contribution >= 0.6 is 11.3 Å². The highest BCUT2D eigenvalue weighted by atomic mass is 32.1. The van der Waals surface area contributed by atoms with E-state index in [0.717, 1.165) is 32.2 Å². The van der Waals surface area contributed by atoms with Crippen molar-refractivity contribution in [1.29, 1.82) is 0 Å². The highest BCUT2D eigenvalue weighted by molar-refractivity contribution is 7.21. The first kappa shape index (κ1) is 31.4. The lowest BCUT2D eigenvalue weighted by atomic mass is 9.93. The summed E-state index contributed by atoms with van der Waals surface area (Å²) < 4.78 is 21.9. The SMILES string of the molecule is Cc1ccc2nc(-c3ccc(NC(=O)C4=C[C@H](c5c(C)n(C)n(-c6ccccc6)c5=O)C[C@H](OCCOCCO)O4)cc3)sc2c1. The van der Waals surface area contributed by atoms with Crippen LogP contribution in [-0.4, -0.2) is 58.1 Å². The van der Waals surface area contributed by atoms with Crippen molar-refractivity contribution in [3.05, 3.63) is 112 Å². The quantitative estimate of drug-likeness (QED) is 0.185. The number of aliphatic hydroxyl groups is 1. The molecule has 0 saturated heterocycles. The molecule has 3 heterocycles. The van der Waals surface area contributed by atoms with Crippen LogP contribution in [0.1, 0.15) is 29.2 Å². The highest BCUT2D eigenvalue weighted by Crippen LogP contribution is 2.34. The predicted molar refractivity (Wildman–Crippen MR) is 178 cm³/mol. The van der Waals surface area contributed by atoms with Gasteiger partial charge in [0.2, 0.25) is 6.29 Å². The largest absolute Gasteiger partial charge is 0.459 e. The average Bonchev–Trinajstić information content (AvgIpc) is 3.58. The number of rotatable bonds is 11. The second-order valence-corrected chi connectivity index (χ2v) is 12.2. The molecule has 0 spiro atoms. The van der Waals surface area contributed by atoms with Crippen LogP contribution < -0.4 is 10.9 Å². The molecule has 2 atom stereocenters. The van der Waals surface area contributed by atoms with E-state index in [2.05, 4.69) is 24.4 Å². The van der Waals surface area contributed by atoms with Crippen LogP contribution in [0.15, 0.2) is 89.4 Å². The van der Waals surface area contributed by atoms with Crippen molar-refractivity contribution in [1.82, 2.24) is 14.3 Å². The molecular weight excluding hydrogens is 604 g/mol. The van der Waals surface area contributed by atoms with Gasteiger partial charge in [0.25, 0.3) is 11.5 Å². The van der Waals surface area contributed by atoms with Gasteiger partial charge in [0.1, 0.15) is 5.01 Å². The average molecular weight is 641 g/mol. The number of aliphatic hydroxyl groups excluding tert-OH is 1. The minimum atomic E-state index is -0.789. The summed E-state index contributed by atoms with van der Waals surface area (Å²) in [6.45, 7) is 4.52. The summed E-state index contributed by atoms with van der Waals surface area (Å²) >= 11 is 1.63. The molecule has 10 nitrogen and oxygen atoms in total. The predicted octanol–water partition coefficient (Wildman–Crippen LogP) is 5.45. The van der Waals surface area contributed by atoms with Gasteiger partial charge in [-0.1, -0.05) is 24.3 Å². The number of para-hydroxylation sites is 1. The number of carbonyl (C=O) groups excluding carboxylic acids is 1. The van der Waals surface area contributed by atoms with E-state index in [4.69, 9.17) is 24.3 Å². The Labute approximate surface area is 270 Å². The number of nitrogens with zero attached hydrogens (tertiary/aromatic N) is 3. The van der Waals surface area contributed by atoms with Crippen molar-refractivity contribution < 1.29 is 24.1 Å². The normalized spacial score (nSPS) is 16.3. The number of amides is 1. The Balaban J connectivity index is 1.24. The third kappa shape index (κ3) is 6.68. The first-order valence-electron chi connectivity index (χ1n) is 15.1. The van der Waals surface area contributed by atoms with Gasteiger partial charge in [-0.2, -0.15) is 0 Å². The summed E-state index contributed by atoms with van der Waals surface area (Å²) in [4.78, 5) is 32.1. The van der Waals surface area contributed by atoms with Crippen molar-refractivity contribution in [2.24, 2.45) is 7.05 Å². The van der Waals surface area contributed by atoms with Gasteiger partial charge in [-0.15, -0.1) is 11.3 Å². The molecule has 0 bridgehead atoms. The van der Waals surface area contributed by atoms with Gasteiger partial charge in [0, 0.05) is 41.9 Å². The number of aryl methyl sites for hydroxylation is 1. The lowest BCUT2D eigenvalue weighted by molar-refractivity contribution is -0.148. The Hall–Kier alpha value is -4.55. The molecule has 0 fully saturated rings. The fourth-order valence-electron chi connectivity index (χ4n) is 5.58. The summed E-state index contributed by atoms with van der Waals surface area (Å²) in [5.74, 6) is -0.821. The maximum absolute atomic E-state index is 13.8. The van der Waals surface area contributed by atoms with Gasteiger partial charge in [-0.25, -0.2) is 9.67 Å². The molecule has 3 aromatic carbocycles. The van der Waals surface area contributed by atoms with Gasteiger partial charge in [-0.05, 0) is 74.0 Å². The first-order valence-corrected chi connectivity index (χ1v) is 16.0. The number of hydrogen-bond acceptors (Lipinski definition) is 8. The second kappa shape index (κ2) is 13.8. The minimum Gasteiger partial charge on any atom is -0.459 e. The van der Waals surface area contributed by atoms with Gasteiger partial charge >= 0.3 is 0 Å². The summed E-state index contributed by atoms with van der Waals surface area (Å²) in [5, 5.41) is 12.8. The van der Waals surface area contributed by atoms with Crippen molar-refractivity contribution >= 4 is 33.1 Å². The number of benzene rings is 3. The summed E-state index contributed by atoms with van der Waals surface area (Å²) in [7, 11) is 1.84. The Morgan fingerprint density at radius 3 is 2.61 bits per heavy atom. The third-order valence-electron chi connectivity index (χ3n) is 7.95. The van der Waals surface area contributed by atoms with Crippen molar-refractivity contribution in [2.45, 2.75) is 32.5 Å². The summed E-state index contributed by atoms with van der Waals surface area (Å²) in [5.41, 5.74) is 5.62. The van der Waals surface area contributed by atoms with Crippen LogP contribution in [0.2, 0.25) is 0 Å². The number of aromatic nitrogens is 3. The van der Waals surface area contributed by atoms with E-state index < -0.39 is 18.1 Å². The standard InChI is InChI=1S/C35H36N4O6S/c1-22-9-14-28-30(19-22)46-34(37-28)24-10-12-26(13-11-24)36-33(41)29-20-25(21-31(45-29)44-18-17-43-16-15-40)32-23(2)38(3)39(35(32)42)27-7-5-4-6-8-27/h4-14,19-20,25,31,40H,15-18,21H2,1-3H3,(H,36,41)/t25-,31+/m0/s1. The molecule has 46 heavy (non-hydrogen) atoms. The summed E-state index contributed by atoms with van der Waals surface area (Å²) in [6.07, 6.45) is 1.25. The molecule has 1 aliphatic rings. The van der Waals surface area contributed by atoms with Crippen LogP contribution in [0.3, 0.4) is 0 Å². The van der Waals surface area contributed by atoms with Gasteiger partial charge < -0.3 is 24.6 Å². The smallest absolute Gasteiger partial charge is 0.290 e. The van der Waals surface area contributed by atoms with Crippen molar-refractivity contribution in [3.63, 3.8) is 0 Å². The van der Waals surface area contributed by atoms with Gasteiger partial charge in [0.15, 0.2) is 5.76 Å². The topological polar surface area (TPSA) is 117 Å². The molecule has 0 radical (unpaired) electrons. The number of anilines is 1. The van der Waals surface area contributed by atoms with Crippen LogP contribution in [0.4, 0.5) is 5.69 Å². The van der Waals surface area contributed by atoms with E-state index in [1.165, 1.54) is 5.56 Å². The number of allylic oxidation sites excluding steroid dienone is 1. The van der Waals surface area contributed by atoms with E-state index in [-0.39, 0.29) is 37.7 Å². The Morgan fingerprint density at radius 2 is 1.85 bits per heavy atom. The van der Waals surface area contributed by atoms with Crippen molar-refractivity contribution in [2.75, 3.05) is 31.7 Å². The molecule has 1 amide bonds. The third-order valence-corrected chi connectivity index (χ3v) is 9.02. The Kier molecular flexibility index (Phi) is 9.46. The monoisotopic (exact) mass is 640 g/mol. The van der Waals surface area contributed by atoms with E-state index in [0.29, 0.717) is 17.7 Å². The Bertz CT molecular complexity index is 1930. The molecule has 6 rings (SSSR count). The molecule has 238 valence electrons. The maximum atomic E-state index is 13.8. The number of ether oxygens (including phenoxy) is 3. The Morgan fingerprint density at radius 1 is 1.07 bits per heavy atom. The number of thiazole rings is 1. The van der Waals surface area contributed by atoms with Gasteiger partial charge in [0.05, 0.1) is 42.3 Å². The minimum absolute atomic E-state index is 0.0667. The summed E-state index contributed by atoms with van der Waals surface area (Å²) in [6, 6.07) is 23.2. The molecule has 5 aromatic rings. The molecule has 1 aliphatic heterocycles. The molecule has 2 N–H and O–H groups in total. The molecule has 2 aromatic heterocycles. The van der Waals surface area contributed by atoms with Gasteiger partial charge in [-0.3, -0.25) is 14.3 Å². The van der Waals surface area contributed by atoms with E-state index >= 15 is 0 Å². The lowest BCUT2D eigenvalue weighted by Gasteiger charge is -2.29. The van der Waals surface area contributed by atoms with Crippen LogP contribution in [-0.2, 0) is 26.1 Å². The van der Waals surface area contributed by atoms with Crippen LogP contribution in [0.5, 0.6) is 0 Å². The first-order chi connectivity index (χ1) is 22.3. The number of nitrogens with one attached hydrogen (secondary N) is 1. The highest BCUT2D eigenvalue weighted by Gasteiger charge is 2.33. The molecule has 0 saturated carbocycles. The zero-order chi connectivity index (χ0) is 32.2. The number of carbonyl (C=O) groups is 1. The van der Waals surface area contributed by atoms with E-state index in [1.807, 2.05) is 79.3 Å². The van der Waals surface area contributed by atoms with E-state index in [1.54, 1.807) is 22.1 Å². The fraction of sp³-hybridized carbons (Fsp3) is 0.286. The van der Waals surface area contributed by atoms with Crippen LogP contribution in [0, 0.1) is 13.8 Å². The number of fused-ring (bicyclic) bond motifs is 1. The zero-order valence-corrected chi connectivity index (χ0v) is 26.8. The van der Waals surface area contributed by atoms with Crippen LogP contribution in [0.25, 0.3) is 26.5 Å². The van der Waals surface area contributed by atoms with E-state index in [9.17, 15) is 9.59 Å². The van der Waals surface area contributed by atoms with Crippen molar-refractivity contribution in [3.8, 4) is 16.3 Å². The second-order valence-electron chi connectivity index (χ2n) is 11.1. The maximum Gasteiger partial charge on any atom is 0.290 e. The molecule has 0 unspecified atom stereocenters.